The van der Waals surface area contributed by atoms with Gasteiger partial charge in [-0.05, 0) is 19.8 Å². The Bertz CT molecular complexity index is 418. The average Bonchev–Trinajstić information content (AvgIpc) is 3.07. The first-order valence-electron chi connectivity index (χ1n) is 8.86. The van der Waals surface area contributed by atoms with Crippen molar-refractivity contribution in [1.29, 1.82) is 0 Å². The molecule has 1 unspecified atom stereocenters. The maximum Gasteiger partial charge on any atom is 0 e. The van der Waals surface area contributed by atoms with Gasteiger partial charge in [0.05, 0.1) is 11.7 Å². The number of ether oxygens (including phenoxy) is 1. The van der Waals surface area contributed by atoms with Gasteiger partial charge in [0.2, 0.25) is 0 Å². The van der Waals surface area contributed by atoms with Gasteiger partial charge in [-0.3, -0.25) is 0 Å². The van der Waals surface area contributed by atoms with Crippen LogP contribution in [0.3, 0.4) is 0 Å². The fraction of sp³-hybridized carbons (Fsp3) is 0.850. The van der Waals surface area contributed by atoms with Gasteiger partial charge in [-0.2, -0.15) is 19.3 Å². The van der Waals surface area contributed by atoms with Crippen LogP contribution in [0.4, 0.5) is 0 Å². The number of hydrogen-bond acceptors (Lipinski definition) is 3. The molecule has 0 radical (unpaired) electrons. The summed E-state index contributed by atoms with van der Waals surface area (Å²) in [5, 5.41) is 0. The zero-order valence-corrected chi connectivity index (χ0v) is 25.0. The number of rotatable bonds is 5. The van der Waals surface area contributed by atoms with Crippen molar-refractivity contribution in [2.75, 3.05) is 28.2 Å². The van der Waals surface area contributed by atoms with Crippen LogP contribution in [0, 0.1) is 17.3 Å². The molecule has 1 fully saturated rings. The molecule has 0 saturated carbocycles. The van der Waals surface area contributed by atoms with E-state index < -0.39 is 0 Å². The summed E-state index contributed by atoms with van der Waals surface area (Å²) < 4.78 is 8.25. The predicted octanol–water partition coefficient (Wildman–Crippen LogP) is 3.93. The Hall–Kier alpha value is 1.48. The second-order valence-corrected chi connectivity index (χ2v) is 10.6. The zero-order valence-electron chi connectivity index (χ0n) is 19.3. The molecular weight excluding hydrogens is 570 g/mol. The quantitative estimate of drug-likeness (QED) is 0.347. The van der Waals surface area contributed by atoms with E-state index in [4.69, 9.17) is 4.74 Å². The SMILES string of the molecule is C[C-](C)C(C)(C)C(C)[C@@H]1OC1(C)C.C[C](=[V])N(C)C.C[C](=[V])N(C)C.[W]. The molecule has 1 rings (SSSR count). The van der Waals surface area contributed by atoms with Gasteiger partial charge in [-0.25, -0.2) is 0 Å². The van der Waals surface area contributed by atoms with E-state index in [1.807, 2.05) is 28.2 Å². The molecule has 1 saturated heterocycles. The monoisotopic (exact) mass is 611 g/mol. The van der Waals surface area contributed by atoms with Crippen LogP contribution < -0.4 is 0 Å². The number of nitrogens with zero attached hydrogens (tertiary/aromatic N) is 2. The standard InChI is InChI=1S/C12H23O.2C4H9N.2V.W/c1-8(2)11(4,5)9(3)10-12(6,7)13-10;2*1-4-5(2)3;;;/h9-10H,1-7H3;2*1-3H3;;;/q-1;;;;;/t9?,10-;;;;;/m0...../s1. The van der Waals surface area contributed by atoms with Gasteiger partial charge in [-0.1, -0.05) is 20.8 Å². The first-order chi connectivity index (χ1) is 11.0. The predicted molar refractivity (Wildman–Crippen MR) is 105 cm³/mol. The Kier molecular flexibility index (Phi) is 16.9. The molecule has 3 nitrogen and oxygen atoms in total. The van der Waals surface area contributed by atoms with Crippen LogP contribution in [-0.4, -0.2) is 58.4 Å². The topological polar surface area (TPSA) is 19.0 Å². The maximum atomic E-state index is 5.69. The van der Waals surface area contributed by atoms with Crippen molar-refractivity contribution in [2.45, 2.75) is 74.0 Å². The Morgan fingerprint density at radius 1 is 1.00 bits per heavy atom. The van der Waals surface area contributed by atoms with E-state index in [0.29, 0.717) is 17.4 Å². The minimum atomic E-state index is 0. The molecule has 0 aromatic carbocycles. The van der Waals surface area contributed by atoms with Crippen LogP contribution in [0.5, 0.6) is 0 Å². The van der Waals surface area contributed by atoms with Gasteiger partial charge >= 0.3 is 94.5 Å². The summed E-state index contributed by atoms with van der Waals surface area (Å²) in [5.74, 6) is 2.10. The van der Waals surface area contributed by atoms with Crippen LogP contribution in [0.1, 0.15) is 62.3 Å². The second-order valence-electron chi connectivity index (χ2n) is 8.54. The van der Waals surface area contributed by atoms with Crippen LogP contribution >= 0.6 is 0 Å². The summed E-state index contributed by atoms with van der Waals surface area (Å²) in [4.78, 5) is 4.11. The van der Waals surface area contributed by atoms with Gasteiger partial charge in [-0.15, -0.1) is 0 Å². The largest absolute Gasteiger partial charge is 0 e. The van der Waals surface area contributed by atoms with E-state index in [1.165, 1.54) is 14.6 Å². The molecule has 0 amide bonds. The fourth-order valence-electron chi connectivity index (χ4n) is 1.83. The third kappa shape index (κ3) is 12.8. The number of epoxide rings is 1. The molecule has 0 N–H and O–H groups in total. The van der Waals surface area contributed by atoms with Crippen molar-refractivity contribution < 1.29 is 59.8 Å². The molecule has 0 aliphatic carbocycles. The average molecular weight is 611 g/mol. The Morgan fingerprint density at radius 2 is 1.23 bits per heavy atom. The molecule has 1 aliphatic rings. The van der Waals surface area contributed by atoms with Crippen molar-refractivity contribution in [1.82, 2.24) is 9.80 Å². The summed E-state index contributed by atoms with van der Waals surface area (Å²) in [6.07, 6.45) is 0.442. The van der Waals surface area contributed by atoms with Crippen LogP contribution in [0.25, 0.3) is 0 Å². The van der Waals surface area contributed by atoms with Crippen molar-refractivity contribution in [3.05, 3.63) is 5.92 Å². The molecule has 0 aromatic rings. The van der Waals surface area contributed by atoms with E-state index in [-0.39, 0.29) is 26.7 Å². The van der Waals surface area contributed by atoms with Gasteiger partial charge in [0.15, 0.2) is 0 Å². The van der Waals surface area contributed by atoms with Crippen LogP contribution in [0.2, 0.25) is 0 Å². The van der Waals surface area contributed by atoms with Gasteiger partial charge in [0.1, 0.15) is 0 Å². The van der Waals surface area contributed by atoms with E-state index >= 15 is 0 Å². The Labute approximate surface area is 196 Å². The normalized spacial score (nSPS) is 18.8. The minimum absolute atomic E-state index is 0. The Morgan fingerprint density at radius 3 is 1.35 bits per heavy atom. The van der Waals surface area contributed by atoms with Crippen LogP contribution in [-0.2, 0) is 59.8 Å². The summed E-state index contributed by atoms with van der Waals surface area (Å²) in [5.41, 5.74) is 0.407. The third-order valence-corrected chi connectivity index (χ3v) is 6.48. The number of hydrogen-bond donors (Lipinski definition) is 0. The minimum Gasteiger partial charge on any atom is 0 e. The molecule has 1 aliphatic heterocycles. The molecule has 0 bridgehead atoms. The molecule has 2 atom stereocenters. The van der Waals surface area contributed by atoms with Gasteiger partial charge in [0, 0.05) is 21.1 Å². The second kappa shape index (κ2) is 13.7. The fourth-order valence-corrected chi connectivity index (χ4v) is 1.83. The first kappa shape index (κ1) is 32.2. The van der Waals surface area contributed by atoms with E-state index in [9.17, 15) is 0 Å². The molecule has 0 spiro atoms. The van der Waals surface area contributed by atoms with E-state index in [2.05, 4.69) is 106 Å². The van der Waals surface area contributed by atoms with E-state index in [0.717, 1.165) is 0 Å². The van der Waals surface area contributed by atoms with Crippen LogP contribution in [0.15, 0.2) is 0 Å². The summed E-state index contributed by atoms with van der Waals surface area (Å²) in [6.45, 7) is 19.8. The Balaban J connectivity index is -0.000000345. The van der Waals surface area contributed by atoms with Gasteiger partial charge < -0.3 is 10.7 Å². The zero-order chi connectivity index (χ0) is 20.7. The molecule has 1 heterocycles. The molecular formula is C20H41N2OV2W-. The first-order valence-corrected chi connectivity index (χ1v) is 10.3. The van der Waals surface area contributed by atoms with Crippen molar-refractivity contribution in [3.63, 3.8) is 0 Å². The van der Waals surface area contributed by atoms with Crippen molar-refractivity contribution in [2.24, 2.45) is 11.3 Å². The molecule has 0 aromatic heterocycles. The third-order valence-electron chi connectivity index (χ3n) is 5.23. The maximum absolute atomic E-state index is 5.69. The van der Waals surface area contributed by atoms with Gasteiger partial charge in [0.25, 0.3) is 0 Å². The smallest absolute Gasteiger partial charge is 0 e. The molecule has 154 valence electrons. The van der Waals surface area contributed by atoms with Crippen molar-refractivity contribution in [3.8, 4) is 0 Å². The molecule has 6 heteroatoms. The summed E-state index contributed by atoms with van der Waals surface area (Å²) >= 11 is 4.97. The molecule has 26 heavy (non-hydrogen) atoms. The summed E-state index contributed by atoms with van der Waals surface area (Å²) in [6, 6.07) is 0. The van der Waals surface area contributed by atoms with E-state index in [1.54, 1.807) is 0 Å². The summed E-state index contributed by atoms with van der Waals surface area (Å²) in [7, 11) is 8.09. The van der Waals surface area contributed by atoms with Crippen molar-refractivity contribution >= 4 is 8.70 Å².